The number of carbonyl (C=O) groups excluding carboxylic acids is 2. The number of hydrogen-bond donors (Lipinski definition) is 1. The molecule has 0 unspecified atom stereocenters. The quantitative estimate of drug-likeness (QED) is 0.288. The fraction of sp³-hybridized carbons (Fsp3) is 0.310. The zero-order valence-electron chi connectivity index (χ0n) is 22.2. The lowest BCUT2D eigenvalue weighted by atomic mass is 10.1. The average Bonchev–Trinajstić information content (AvgIpc) is 2.92. The van der Waals surface area contributed by atoms with Crippen molar-refractivity contribution in [3.8, 4) is 0 Å². The summed E-state index contributed by atoms with van der Waals surface area (Å²) in [5.74, 6) is -0.849. The van der Waals surface area contributed by atoms with Gasteiger partial charge in [0.25, 0.3) is 10.0 Å². The summed E-state index contributed by atoms with van der Waals surface area (Å²) in [7, 11) is -4.14. The van der Waals surface area contributed by atoms with E-state index in [2.05, 4.69) is 5.32 Å². The summed E-state index contributed by atoms with van der Waals surface area (Å²) < 4.78 is 28.7. The van der Waals surface area contributed by atoms with Gasteiger partial charge >= 0.3 is 0 Å². The molecular formula is C29H33Cl2N3O4S. The monoisotopic (exact) mass is 589 g/mol. The van der Waals surface area contributed by atoms with Crippen molar-refractivity contribution in [1.29, 1.82) is 0 Å². The van der Waals surface area contributed by atoms with Crippen LogP contribution in [0.2, 0.25) is 10.0 Å². The maximum absolute atomic E-state index is 14.0. The van der Waals surface area contributed by atoms with Crippen LogP contribution in [0.4, 0.5) is 5.69 Å². The fourth-order valence-electron chi connectivity index (χ4n) is 4.07. The highest BCUT2D eigenvalue weighted by atomic mass is 35.5. The minimum absolute atomic E-state index is 0.0373. The lowest BCUT2D eigenvalue weighted by Crippen LogP contribution is -2.52. The molecule has 0 bridgehead atoms. The molecular weight excluding hydrogens is 557 g/mol. The summed E-state index contributed by atoms with van der Waals surface area (Å²) in [4.78, 5) is 28.5. The second-order valence-electron chi connectivity index (χ2n) is 9.13. The molecule has 0 aliphatic carbocycles. The first-order valence-electron chi connectivity index (χ1n) is 12.7. The number of halogens is 2. The van der Waals surface area contributed by atoms with Crippen LogP contribution in [-0.2, 0) is 26.2 Å². The van der Waals surface area contributed by atoms with Crippen molar-refractivity contribution in [3.63, 3.8) is 0 Å². The molecule has 0 aromatic heterocycles. The predicted molar refractivity (Wildman–Crippen MR) is 157 cm³/mol. The normalized spacial score (nSPS) is 12.0. The molecule has 0 aliphatic rings. The molecule has 0 saturated heterocycles. The standard InChI is InChI=1S/C29H33Cl2N3O4S/c1-4-18-32-29(36)27(5-2)33(19-22-8-6-7-9-26(22)31)28(35)20-34(24-14-12-23(30)13-15-24)39(37,38)25-16-10-21(3)11-17-25/h6-17,27H,4-5,18-20H2,1-3H3,(H,32,36)/t27-/m0/s1. The number of nitrogens with zero attached hydrogens (tertiary/aromatic N) is 2. The van der Waals surface area contributed by atoms with E-state index in [1.807, 2.05) is 20.8 Å². The van der Waals surface area contributed by atoms with Crippen LogP contribution in [-0.4, -0.2) is 44.3 Å². The van der Waals surface area contributed by atoms with Crippen molar-refractivity contribution in [3.05, 3.63) is 94.0 Å². The number of amides is 2. The van der Waals surface area contributed by atoms with E-state index in [4.69, 9.17) is 23.2 Å². The maximum Gasteiger partial charge on any atom is 0.264 e. The van der Waals surface area contributed by atoms with Gasteiger partial charge in [-0.15, -0.1) is 0 Å². The third-order valence-electron chi connectivity index (χ3n) is 6.24. The van der Waals surface area contributed by atoms with Crippen molar-refractivity contribution in [1.82, 2.24) is 10.2 Å². The number of carbonyl (C=O) groups is 2. The van der Waals surface area contributed by atoms with Crippen molar-refractivity contribution in [2.24, 2.45) is 0 Å². The number of nitrogens with one attached hydrogen (secondary N) is 1. The second-order valence-corrected chi connectivity index (χ2v) is 11.8. The number of aryl methyl sites for hydroxylation is 1. The highest BCUT2D eigenvalue weighted by Crippen LogP contribution is 2.27. The van der Waals surface area contributed by atoms with E-state index < -0.39 is 28.5 Å². The Morgan fingerprint density at radius 3 is 2.15 bits per heavy atom. The highest BCUT2D eigenvalue weighted by Gasteiger charge is 2.33. The molecule has 10 heteroatoms. The molecule has 7 nitrogen and oxygen atoms in total. The van der Waals surface area contributed by atoms with Crippen molar-refractivity contribution in [2.45, 2.75) is 51.1 Å². The molecule has 0 spiro atoms. The second kappa shape index (κ2) is 13.8. The molecule has 1 N–H and O–H groups in total. The van der Waals surface area contributed by atoms with Crippen LogP contribution in [0.3, 0.4) is 0 Å². The number of rotatable bonds is 12. The third-order valence-corrected chi connectivity index (χ3v) is 8.64. The van der Waals surface area contributed by atoms with E-state index in [0.29, 0.717) is 28.6 Å². The van der Waals surface area contributed by atoms with Gasteiger partial charge in [0.1, 0.15) is 12.6 Å². The van der Waals surface area contributed by atoms with Crippen LogP contribution in [0.15, 0.2) is 77.7 Å². The Kier molecular flexibility index (Phi) is 10.8. The topological polar surface area (TPSA) is 86.8 Å². The van der Waals surface area contributed by atoms with Gasteiger partial charge < -0.3 is 10.2 Å². The zero-order valence-corrected chi connectivity index (χ0v) is 24.6. The van der Waals surface area contributed by atoms with Gasteiger partial charge in [-0.25, -0.2) is 8.42 Å². The number of anilines is 1. The first-order chi connectivity index (χ1) is 18.6. The van der Waals surface area contributed by atoms with Crippen LogP contribution in [0.1, 0.15) is 37.8 Å². The molecule has 3 aromatic carbocycles. The Labute approximate surface area is 240 Å². The van der Waals surface area contributed by atoms with Gasteiger partial charge in [-0.05, 0) is 67.8 Å². The Morgan fingerprint density at radius 2 is 1.56 bits per heavy atom. The number of benzene rings is 3. The summed E-state index contributed by atoms with van der Waals surface area (Å²) in [5.41, 5.74) is 1.82. The SMILES string of the molecule is CCCNC(=O)[C@H](CC)N(Cc1ccccc1Cl)C(=O)CN(c1ccc(Cl)cc1)S(=O)(=O)c1ccc(C)cc1. The van der Waals surface area contributed by atoms with E-state index in [-0.39, 0.29) is 23.0 Å². The smallest absolute Gasteiger partial charge is 0.264 e. The summed E-state index contributed by atoms with van der Waals surface area (Å²) >= 11 is 12.5. The van der Waals surface area contributed by atoms with Gasteiger partial charge in [-0.1, -0.05) is 72.9 Å². The Hall–Kier alpha value is -3.07. The first-order valence-corrected chi connectivity index (χ1v) is 14.9. The molecule has 3 rings (SSSR count). The minimum Gasteiger partial charge on any atom is -0.354 e. The van der Waals surface area contributed by atoms with Gasteiger partial charge in [0.05, 0.1) is 10.6 Å². The predicted octanol–water partition coefficient (Wildman–Crippen LogP) is 5.83. The first kappa shape index (κ1) is 30.5. The van der Waals surface area contributed by atoms with Crippen LogP contribution in [0, 0.1) is 6.92 Å². The van der Waals surface area contributed by atoms with E-state index in [0.717, 1.165) is 16.3 Å². The van der Waals surface area contributed by atoms with E-state index in [9.17, 15) is 18.0 Å². The molecule has 0 saturated carbocycles. The summed E-state index contributed by atoms with van der Waals surface area (Å²) in [6, 6.07) is 18.9. The van der Waals surface area contributed by atoms with Crippen LogP contribution < -0.4 is 9.62 Å². The number of sulfonamides is 1. The van der Waals surface area contributed by atoms with Crippen LogP contribution >= 0.6 is 23.2 Å². The molecule has 1 atom stereocenters. The molecule has 0 fully saturated rings. The molecule has 3 aromatic rings. The largest absolute Gasteiger partial charge is 0.354 e. The third kappa shape index (κ3) is 7.75. The molecule has 2 amide bonds. The number of hydrogen-bond acceptors (Lipinski definition) is 4. The summed E-state index contributed by atoms with van der Waals surface area (Å²) in [5, 5.41) is 3.73. The van der Waals surface area contributed by atoms with Gasteiger partial charge in [0.2, 0.25) is 11.8 Å². The van der Waals surface area contributed by atoms with E-state index in [1.54, 1.807) is 60.7 Å². The van der Waals surface area contributed by atoms with Gasteiger partial charge in [-0.3, -0.25) is 13.9 Å². The molecule has 39 heavy (non-hydrogen) atoms. The molecule has 208 valence electrons. The van der Waals surface area contributed by atoms with Crippen LogP contribution in [0.5, 0.6) is 0 Å². The highest BCUT2D eigenvalue weighted by molar-refractivity contribution is 7.92. The minimum atomic E-state index is -4.14. The van der Waals surface area contributed by atoms with Gasteiger partial charge in [0.15, 0.2) is 0 Å². The van der Waals surface area contributed by atoms with Crippen LogP contribution in [0.25, 0.3) is 0 Å². The lowest BCUT2D eigenvalue weighted by molar-refractivity contribution is -0.140. The fourth-order valence-corrected chi connectivity index (χ4v) is 5.80. The molecule has 0 radical (unpaired) electrons. The van der Waals surface area contributed by atoms with E-state index >= 15 is 0 Å². The van der Waals surface area contributed by atoms with E-state index in [1.165, 1.54) is 17.0 Å². The van der Waals surface area contributed by atoms with Gasteiger partial charge in [-0.2, -0.15) is 0 Å². The zero-order chi connectivity index (χ0) is 28.6. The maximum atomic E-state index is 14.0. The van der Waals surface area contributed by atoms with Gasteiger partial charge in [0, 0.05) is 23.1 Å². The Morgan fingerprint density at radius 1 is 0.923 bits per heavy atom. The summed E-state index contributed by atoms with van der Waals surface area (Å²) in [6.07, 6.45) is 1.07. The molecule has 0 aliphatic heterocycles. The van der Waals surface area contributed by atoms with Crippen molar-refractivity contribution < 1.29 is 18.0 Å². The summed E-state index contributed by atoms with van der Waals surface area (Å²) in [6.45, 7) is 5.58. The van der Waals surface area contributed by atoms with Crippen molar-refractivity contribution in [2.75, 3.05) is 17.4 Å². The Bertz CT molecular complexity index is 1380. The van der Waals surface area contributed by atoms with Crippen molar-refractivity contribution >= 4 is 50.7 Å². The lowest BCUT2D eigenvalue weighted by Gasteiger charge is -2.33. The Balaban J connectivity index is 2.05. The molecule has 0 heterocycles. The average molecular weight is 591 g/mol.